The molecule has 1 atom stereocenters. The Kier molecular flexibility index (Phi) is 3.84. The third-order valence-electron chi connectivity index (χ3n) is 5.57. The molecule has 0 radical (unpaired) electrons. The minimum atomic E-state index is -0.301. The highest BCUT2D eigenvalue weighted by atomic mass is 16.3. The van der Waals surface area contributed by atoms with E-state index in [9.17, 15) is 9.90 Å². The molecule has 2 aliphatic rings. The molecular formula is C23H22N4O2. The van der Waals surface area contributed by atoms with Crippen LogP contribution in [0.2, 0.25) is 0 Å². The Labute approximate surface area is 168 Å². The highest BCUT2D eigenvalue weighted by Gasteiger charge is 2.41. The number of aromatic hydroxyl groups is 1. The summed E-state index contributed by atoms with van der Waals surface area (Å²) in [4.78, 5) is 17.9. The smallest absolute Gasteiger partial charge is 0.226 e. The molecule has 0 bridgehead atoms. The number of hydrogen-bond donors (Lipinski definition) is 2. The molecule has 0 saturated carbocycles. The van der Waals surface area contributed by atoms with Gasteiger partial charge in [-0.15, -0.1) is 5.10 Å². The summed E-state index contributed by atoms with van der Waals surface area (Å²) in [6, 6.07) is 16.5. The number of aromatic nitrogens is 3. The average molecular weight is 386 g/mol. The molecule has 6 nitrogen and oxygen atoms in total. The number of phenolic OH excluding ortho intramolecular Hbond substituents is 1. The molecule has 1 aliphatic heterocycles. The number of Topliss-reactive ketones (excluding diaryl/α,β-unsaturated/α-hetero) is 1. The number of phenols is 1. The minimum Gasteiger partial charge on any atom is -0.508 e. The summed E-state index contributed by atoms with van der Waals surface area (Å²) in [5.41, 5.74) is 3.45. The molecule has 2 heterocycles. The van der Waals surface area contributed by atoms with Gasteiger partial charge in [0.15, 0.2) is 11.6 Å². The van der Waals surface area contributed by atoms with Crippen LogP contribution >= 0.6 is 0 Å². The third-order valence-corrected chi connectivity index (χ3v) is 5.57. The molecule has 29 heavy (non-hydrogen) atoms. The van der Waals surface area contributed by atoms with E-state index in [1.807, 2.05) is 35.0 Å². The van der Waals surface area contributed by atoms with Gasteiger partial charge < -0.3 is 10.4 Å². The molecule has 0 fully saturated rings. The Morgan fingerprint density at radius 3 is 2.52 bits per heavy atom. The summed E-state index contributed by atoms with van der Waals surface area (Å²) in [6.07, 6.45) is 1.31. The lowest BCUT2D eigenvalue weighted by molar-refractivity contribution is -0.118. The third kappa shape index (κ3) is 3.01. The van der Waals surface area contributed by atoms with Gasteiger partial charge in [-0.25, -0.2) is 4.68 Å². The van der Waals surface area contributed by atoms with E-state index >= 15 is 0 Å². The first kappa shape index (κ1) is 17.7. The summed E-state index contributed by atoms with van der Waals surface area (Å²) < 4.78 is 1.81. The van der Waals surface area contributed by atoms with Crippen LogP contribution in [0.3, 0.4) is 0 Å². The maximum absolute atomic E-state index is 13.2. The summed E-state index contributed by atoms with van der Waals surface area (Å²) in [7, 11) is 0. The zero-order chi connectivity index (χ0) is 20.2. The van der Waals surface area contributed by atoms with Gasteiger partial charge in [0.1, 0.15) is 11.8 Å². The summed E-state index contributed by atoms with van der Waals surface area (Å²) >= 11 is 0. The second-order valence-electron chi connectivity index (χ2n) is 8.52. The van der Waals surface area contributed by atoms with Crippen molar-refractivity contribution in [2.24, 2.45) is 5.41 Å². The number of nitrogens with one attached hydrogen (secondary N) is 1. The number of nitrogens with zero attached hydrogens (tertiary/aromatic N) is 3. The van der Waals surface area contributed by atoms with Gasteiger partial charge in [0.05, 0.1) is 0 Å². The number of carbonyl (C=O) groups excluding carboxylic acids is 1. The fourth-order valence-corrected chi connectivity index (χ4v) is 4.29. The van der Waals surface area contributed by atoms with E-state index in [0.29, 0.717) is 18.2 Å². The summed E-state index contributed by atoms with van der Waals surface area (Å²) in [5, 5.41) is 17.7. The van der Waals surface area contributed by atoms with Crippen molar-refractivity contribution in [1.29, 1.82) is 0 Å². The SMILES string of the molecule is CC1(C)CC(=O)C2=C(C1)Nc1nc(-c3ccc(O)cc3)nn1C2c1ccccc1. The van der Waals surface area contributed by atoms with Crippen LogP contribution in [0.25, 0.3) is 11.4 Å². The number of benzene rings is 2. The predicted octanol–water partition coefficient (Wildman–Crippen LogP) is 4.31. The maximum Gasteiger partial charge on any atom is 0.226 e. The number of anilines is 1. The first-order valence-electron chi connectivity index (χ1n) is 9.75. The van der Waals surface area contributed by atoms with Crippen LogP contribution in [0.4, 0.5) is 5.95 Å². The van der Waals surface area contributed by atoms with Crippen LogP contribution in [-0.2, 0) is 4.79 Å². The number of carbonyl (C=O) groups is 1. The summed E-state index contributed by atoms with van der Waals surface area (Å²) in [6.45, 7) is 4.24. The first-order chi connectivity index (χ1) is 13.9. The van der Waals surface area contributed by atoms with Crippen molar-refractivity contribution in [1.82, 2.24) is 14.8 Å². The number of fused-ring (bicyclic) bond motifs is 1. The van der Waals surface area contributed by atoms with Crippen molar-refractivity contribution in [2.45, 2.75) is 32.7 Å². The zero-order valence-electron chi connectivity index (χ0n) is 16.4. The molecule has 0 amide bonds. The van der Waals surface area contributed by atoms with Gasteiger partial charge in [-0.3, -0.25) is 4.79 Å². The zero-order valence-corrected chi connectivity index (χ0v) is 16.4. The fraction of sp³-hybridized carbons (Fsp3) is 0.261. The van der Waals surface area contributed by atoms with Crippen molar-refractivity contribution in [3.05, 3.63) is 71.4 Å². The quantitative estimate of drug-likeness (QED) is 0.686. The van der Waals surface area contributed by atoms with E-state index in [-0.39, 0.29) is 23.0 Å². The lowest BCUT2D eigenvalue weighted by atomic mass is 9.73. The number of allylic oxidation sites excluding steroid dienone is 2. The van der Waals surface area contributed by atoms with Crippen LogP contribution in [0.5, 0.6) is 5.75 Å². The fourth-order valence-electron chi connectivity index (χ4n) is 4.29. The topological polar surface area (TPSA) is 80.0 Å². The number of rotatable bonds is 2. The average Bonchev–Trinajstić information content (AvgIpc) is 3.10. The largest absolute Gasteiger partial charge is 0.508 e. The van der Waals surface area contributed by atoms with E-state index in [0.717, 1.165) is 28.8 Å². The van der Waals surface area contributed by atoms with E-state index < -0.39 is 0 Å². The Hall–Kier alpha value is -3.41. The van der Waals surface area contributed by atoms with Gasteiger partial charge in [-0.2, -0.15) is 4.98 Å². The van der Waals surface area contributed by atoms with E-state index in [2.05, 4.69) is 19.2 Å². The minimum absolute atomic E-state index is 0.0911. The molecule has 2 N–H and O–H groups in total. The van der Waals surface area contributed by atoms with Gasteiger partial charge in [-0.05, 0) is 41.7 Å². The molecule has 146 valence electrons. The highest BCUT2D eigenvalue weighted by molar-refractivity contribution is 6.00. The van der Waals surface area contributed by atoms with Crippen molar-refractivity contribution < 1.29 is 9.90 Å². The molecule has 0 saturated heterocycles. The van der Waals surface area contributed by atoms with Crippen LogP contribution in [0, 0.1) is 5.41 Å². The second-order valence-corrected chi connectivity index (χ2v) is 8.52. The van der Waals surface area contributed by atoms with Gasteiger partial charge in [-0.1, -0.05) is 44.2 Å². The van der Waals surface area contributed by atoms with Crippen molar-refractivity contribution >= 4 is 11.7 Å². The van der Waals surface area contributed by atoms with E-state index in [4.69, 9.17) is 10.1 Å². The van der Waals surface area contributed by atoms with Gasteiger partial charge >= 0.3 is 0 Å². The molecular weight excluding hydrogens is 364 g/mol. The lowest BCUT2D eigenvalue weighted by Gasteiger charge is -2.38. The Morgan fingerprint density at radius 1 is 1.07 bits per heavy atom. The van der Waals surface area contributed by atoms with E-state index in [1.54, 1.807) is 24.3 Å². The van der Waals surface area contributed by atoms with Crippen molar-refractivity contribution in [2.75, 3.05) is 5.32 Å². The Balaban J connectivity index is 1.67. The molecule has 1 unspecified atom stereocenters. The van der Waals surface area contributed by atoms with Gasteiger partial charge in [0, 0.05) is 23.3 Å². The highest BCUT2D eigenvalue weighted by Crippen LogP contribution is 2.45. The molecule has 6 heteroatoms. The molecule has 3 aromatic rings. The summed E-state index contributed by atoms with van der Waals surface area (Å²) in [5.74, 6) is 1.54. The standard InChI is InChI=1S/C23H22N4O2/c1-23(2)12-17-19(18(29)13-23)20(14-6-4-3-5-7-14)27-22(24-17)25-21(26-27)15-8-10-16(28)11-9-15/h3-11,20,28H,12-13H2,1-2H3,(H,24,25,26). The van der Waals surface area contributed by atoms with Crippen LogP contribution in [0.15, 0.2) is 65.9 Å². The maximum atomic E-state index is 13.2. The number of ketones is 1. The monoisotopic (exact) mass is 386 g/mol. The van der Waals surface area contributed by atoms with Crippen LogP contribution < -0.4 is 5.32 Å². The molecule has 1 aromatic heterocycles. The van der Waals surface area contributed by atoms with E-state index in [1.165, 1.54) is 0 Å². The van der Waals surface area contributed by atoms with Crippen LogP contribution in [0.1, 0.15) is 38.3 Å². The normalized spacial score (nSPS) is 20.1. The number of hydrogen-bond acceptors (Lipinski definition) is 5. The molecule has 2 aromatic carbocycles. The van der Waals surface area contributed by atoms with Gasteiger partial charge in [0.25, 0.3) is 0 Å². The van der Waals surface area contributed by atoms with Crippen LogP contribution in [-0.4, -0.2) is 25.7 Å². The molecule has 1 aliphatic carbocycles. The predicted molar refractivity (Wildman–Crippen MR) is 110 cm³/mol. The van der Waals surface area contributed by atoms with Crippen molar-refractivity contribution in [3.63, 3.8) is 0 Å². The lowest BCUT2D eigenvalue weighted by Crippen LogP contribution is -2.36. The van der Waals surface area contributed by atoms with Gasteiger partial charge in [0.2, 0.25) is 5.95 Å². The second kappa shape index (κ2) is 6.30. The van der Waals surface area contributed by atoms with Crippen molar-refractivity contribution in [3.8, 4) is 17.1 Å². The molecule has 0 spiro atoms. The molecule has 5 rings (SSSR count). The Morgan fingerprint density at radius 2 is 1.79 bits per heavy atom. The first-order valence-corrected chi connectivity index (χ1v) is 9.75. The Bertz CT molecular complexity index is 1130.